The Morgan fingerprint density at radius 1 is 1.13 bits per heavy atom. The van der Waals surface area contributed by atoms with Crippen molar-refractivity contribution in [3.63, 3.8) is 0 Å². The number of rotatable bonds is 6. The second-order valence-electron chi connectivity index (χ2n) is 5.70. The van der Waals surface area contributed by atoms with E-state index >= 15 is 0 Å². The number of nitrogens with zero attached hydrogens (tertiary/aromatic N) is 2. The van der Waals surface area contributed by atoms with Gasteiger partial charge in [0.2, 0.25) is 0 Å². The van der Waals surface area contributed by atoms with Gasteiger partial charge in [-0.3, -0.25) is 0 Å². The number of fused-ring (bicyclic) bond motifs is 1. The largest absolute Gasteiger partial charge is 0.493 e. The molecule has 1 aromatic heterocycles. The molecule has 0 saturated heterocycles. The molecule has 0 aliphatic rings. The normalized spacial score (nSPS) is 11.3. The van der Waals surface area contributed by atoms with E-state index in [9.17, 15) is 0 Å². The third-order valence-electron chi connectivity index (χ3n) is 3.58. The lowest BCUT2D eigenvalue weighted by Crippen LogP contribution is -2.15. The van der Waals surface area contributed by atoms with Crippen LogP contribution in [0, 0.1) is 0 Å². The fraction of sp³-hybridized carbons (Fsp3) is 0.278. The van der Waals surface area contributed by atoms with Crippen molar-refractivity contribution >= 4 is 37.5 Å². The summed E-state index contributed by atoms with van der Waals surface area (Å²) in [5.41, 5.74) is 2.18. The molecule has 120 valence electrons. The minimum absolute atomic E-state index is 0.738. The van der Waals surface area contributed by atoms with Crippen molar-refractivity contribution in [2.75, 3.05) is 27.2 Å². The molecule has 0 fully saturated rings. The lowest BCUT2D eigenvalue weighted by atomic mass is 10.1. The highest BCUT2D eigenvalue weighted by Gasteiger charge is 2.09. The van der Waals surface area contributed by atoms with Crippen molar-refractivity contribution < 1.29 is 4.74 Å². The molecule has 0 amide bonds. The van der Waals surface area contributed by atoms with Crippen molar-refractivity contribution in [1.29, 1.82) is 0 Å². The summed E-state index contributed by atoms with van der Waals surface area (Å²) in [5, 5.41) is 1.18. The van der Waals surface area contributed by atoms with Crippen molar-refractivity contribution in [2.45, 2.75) is 6.42 Å². The lowest BCUT2D eigenvalue weighted by molar-refractivity contribution is 0.282. The zero-order valence-electron chi connectivity index (χ0n) is 13.3. The minimum Gasteiger partial charge on any atom is -0.493 e. The van der Waals surface area contributed by atoms with E-state index in [-0.39, 0.29) is 0 Å². The molecule has 0 spiro atoms. The van der Waals surface area contributed by atoms with Crippen LogP contribution in [0.1, 0.15) is 6.42 Å². The molecule has 0 aliphatic heterocycles. The van der Waals surface area contributed by atoms with E-state index in [0.29, 0.717) is 0 Å². The van der Waals surface area contributed by atoms with Crippen LogP contribution in [0.5, 0.6) is 5.75 Å². The first-order valence-electron chi connectivity index (χ1n) is 7.56. The van der Waals surface area contributed by atoms with Gasteiger partial charge >= 0.3 is 0 Å². The number of benzene rings is 2. The summed E-state index contributed by atoms with van der Waals surface area (Å²) in [5.74, 6) is 0.919. The van der Waals surface area contributed by atoms with Gasteiger partial charge in [-0.15, -0.1) is 0 Å². The minimum atomic E-state index is 0.738. The van der Waals surface area contributed by atoms with Crippen LogP contribution >= 0.6 is 27.5 Å². The van der Waals surface area contributed by atoms with Crippen LogP contribution in [0.2, 0.25) is 0 Å². The molecule has 3 aromatic rings. The van der Waals surface area contributed by atoms with Crippen molar-refractivity contribution in [3.05, 3.63) is 46.9 Å². The third kappa shape index (κ3) is 4.10. The molecule has 3 nitrogen and oxygen atoms in total. The maximum absolute atomic E-state index is 5.84. The molecule has 0 aliphatic carbocycles. The van der Waals surface area contributed by atoms with Gasteiger partial charge in [-0.1, -0.05) is 28.1 Å². The highest BCUT2D eigenvalue weighted by molar-refractivity contribution is 9.10. The van der Waals surface area contributed by atoms with Crippen LogP contribution in [0.4, 0.5) is 0 Å². The Kier molecular flexibility index (Phi) is 5.30. The quantitative estimate of drug-likeness (QED) is 0.550. The van der Waals surface area contributed by atoms with E-state index < -0.39 is 0 Å². The van der Waals surface area contributed by atoms with E-state index in [0.717, 1.165) is 45.8 Å². The number of aromatic nitrogens is 1. The third-order valence-corrected chi connectivity index (χ3v) is 4.92. The summed E-state index contributed by atoms with van der Waals surface area (Å²) >= 11 is 4.99. The van der Waals surface area contributed by atoms with Crippen LogP contribution in [0.15, 0.2) is 46.9 Å². The first kappa shape index (κ1) is 16.4. The van der Waals surface area contributed by atoms with E-state index in [1.165, 1.54) is 16.9 Å². The Labute approximate surface area is 149 Å². The van der Waals surface area contributed by atoms with Gasteiger partial charge in [0.1, 0.15) is 5.75 Å². The molecule has 0 saturated carbocycles. The predicted molar refractivity (Wildman–Crippen MR) is 101 cm³/mol. The van der Waals surface area contributed by atoms with E-state index in [1.807, 2.05) is 18.2 Å². The fourth-order valence-electron chi connectivity index (χ4n) is 2.39. The van der Waals surface area contributed by atoms with Gasteiger partial charge in [-0.25, -0.2) is 0 Å². The summed E-state index contributed by atoms with van der Waals surface area (Å²) in [6, 6.07) is 14.5. The van der Waals surface area contributed by atoms with Crippen LogP contribution in [-0.4, -0.2) is 36.5 Å². The van der Waals surface area contributed by atoms with Crippen molar-refractivity contribution in [2.24, 2.45) is 0 Å². The molecule has 0 radical (unpaired) electrons. The van der Waals surface area contributed by atoms with Gasteiger partial charge in [-0.2, -0.15) is 4.37 Å². The standard InChI is InChI=1S/C18H19BrN2OS/c1-21(2)10-3-11-22-15-8-9-16-17(12-15)23-20-18(16)13-4-6-14(19)7-5-13/h4-9,12H,3,10-11H2,1-2H3. The molecule has 1 heterocycles. The van der Waals surface area contributed by atoms with Crippen LogP contribution in [0.25, 0.3) is 21.3 Å². The van der Waals surface area contributed by atoms with E-state index in [1.54, 1.807) is 0 Å². The van der Waals surface area contributed by atoms with Gasteiger partial charge in [0.15, 0.2) is 0 Å². The van der Waals surface area contributed by atoms with Crippen LogP contribution in [0.3, 0.4) is 0 Å². The summed E-state index contributed by atoms with van der Waals surface area (Å²) in [4.78, 5) is 2.17. The second-order valence-corrected chi connectivity index (χ2v) is 7.42. The lowest BCUT2D eigenvalue weighted by Gasteiger charge is -2.10. The predicted octanol–water partition coefficient (Wildman–Crippen LogP) is 5.06. The fourth-order valence-corrected chi connectivity index (χ4v) is 3.48. The Hall–Kier alpha value is -1.43. The Morgan fingerprint density at radius 3 is 2.65 bits per heavy atom. The van der Waals surface area contributed by atoms with Gasteiger partial charge in [0.25, 0.3) is 0 Å². The van der Waals surface area contributed by atoms with Crippen molar-refractivity contribution in [3.8, 4) is 17.0 Å². The highest BCUT2D eigenvalue weighted by atomic mass is 79.9. The molecule has 0 unspecified atom stereocenters. The SMILES string of the molecule is CN(C)CCCOc1ccc2c(-c3ccc(Br)cc3)nsc2c1. The molecular formula is C18H19BrN2OS. The molecule has 23 heavy (non-hydrogen) atoms. The maximum Gasteiger partial charge on any atom is 0.120 e. The summed E-state index contributed by atoms with van der Waals surface area (Å²) in [7, 11) is 4.15. The monoisotopic (exact) mass is 390 g/mol. The Morgan fingerprint density at radius 2 is 1.91 bits per heavy atom. The average Bonchev–Trinajstić information content (AvgIpc) is 2.95. The summed E-state index contributed by atoms with van der Waals surface area (Å²) in [6.07, 6.45) is 1.03. The van der Waals surface area contributed by atoms with Gasteiger partial charge < -0.3 is 9.64 Å². The maximum atomic E-state index is 5.84. The zero-order chi connectivity index (χ0) is 16.2. The van der Waals surface area contributed by atoms with E-state index in [4.69, 9.17) is 4.74 Å². The van der Waals surface area contributed by atoms with Gasteiger partial charge in [0, 0.05) is 22.0 Å². The highest BCUT2D eigenvalue weighted by Crippen LogP contribution is 2.33. The molecule has 2 aromatic carbocycles. The first-order chi connectivity index (χ1) is 11.1. The number of hydrogen-bond donors (Lipinski definition) is 0. The second kappa shape index (κ2) is 7.43. The van der Waals surface area contributed by atoms with Gasteiger partial charge in [0.05, 0.1) is 17.0 Å². The topological polar surface area (TPSA) is 25.4 Å². The Bertz CT molecular complexity index is 783. The summed E-state index contributed by atoms with van der Waals surface area (Å²) < 4.78 is 12.7. The molecule has 0 N–H and O–H groups in total. The zero-order valence-corrected chi connectivity index (χ0v) is 15.7. The van der Waals surface area contributed by atoms with Gasteiger partial charge in [-0.05, 0) is 62.4 Å². The molecular weight excluding hydrogens is 372 g/mol. The Balaban J connectivity index is 1.76. The van der Waals surface area contributed by atoms with Crippen molar-refractivity contribution in [1.82, 2.24) is 9.27 Å². The van der Waals surface area contributed by atoms with Crippen LogP contribution < -0.4 is 4.74 Å². The number of hydrogen-bond acceptors (Lipinski definition) is 4. The van der Waals surface area contributed by atoms with E-state index in [2.05, 4.69) is 63.6 Å². The molecule has 5 heteroatoms. The number of ether oxygens (including phenoxy) is 1. The molecule has 0 atom stereocenters. The molecule has 3 rings (SSSR count). The smallest absolute Gasteiger partial charge is 0.120 e. The first-order valence-corrected chi connectivity index (χ1v) is 9.13. The number of halogens is 1. The molecule has 0 bridgehead atoms. The summed E-state index contributed by atoms with van der Waals surface area (Å²) in [6.45, 7) is 1.78. The average molecular weight is 391 g/mol. The van der Waals surface area contributed by atoms with Crippen LogP contribution in [-0.2, 0) is 0 Å².